The number of nitrogens with one attached hydrogen (secondary N) is 1. The minimum atomic E-state index is -4.32. The van der Waals surface area contributed by atoms with Gasteiger partial charge in [-0.3, -0.25) is 9.20 Å². The highest BCUT2D eigenvalue weighted by molar-refractivity contribution is 6.74. The number of pyridine rings is 1. The molecular weight excluding hydrogens is 487 g/mol. The van der Waals surface area contributed by atoms with Crippen molar-refractivity contribution in [3.63, 3.8) is 0 Å². The first-order chi connectivity index (χ1) is 16.7. The molecule has 0 fully saturated rings. The van der Waals surface area contributed by atoms with Crippen LogP contribution in [0.15, 0.2) is 48.7 Å². The van der Waals surface area contributed by atoms with E-state index in [0.717, 1.165) is 5.56 Å². The molecule has 0 bridgehead atoms. The Morgan fingerprint density at radius 3 is 2.39 bits per heavy atom. The molecule has 3 rings (SSSR count). The van der Waals surface area contributed by atoms with Gasteiger partial charge in [0, 0.05) is 6.20 Å². The van der Waals surface area contributed by atoms with Gasteiger partial charge in [-0.2, -0.15) is 13.2 Å². The van der Waals surface area contributed by atoms with Gasteiger partial charge in [-0.15, -0.1) is 0 Å². The van der Waals surface area contributed by atoms with Crippen molar-refractivity contribution in [1.82, 2.24) is 14.7 Å². The highest BCUT2D eigenvalue weighted by atomic mass is 28.4. The number of amides is 1. The Labute approximate surface area is 211 Å². The van der Waals surface area contributed by atoms with Crippen molar-refractivity contribution in [2.45, 2.75) is 64.5 Å². The third-order valence-electron chi connectivity index (χ3n) is 6.57. The van der Waals surface area contributed by atoms with Crippen molar-refractivity contribution in [1.29, 1.82) is 0 Å². The maximum absolute atomic E-state index is 13.5. The summed E-state index contributed by atoms with van der Waals surface area (Å²) in [7, 11) is -2.07. The van der Waals surface area contributed by atoms with Gasteiger partial charge in [0.05, 0.1) is 31.4 Å². The van der Waals surface area contributed by atoms with E-state index in [-0.39, 0.29) is 22.3 Å². The summed E-state index contributed by atoms with van der Waals surface area (Å²) >= 11 is 0. The lowest BCUT2D eigenvalue weighted by atomic mass is 10.1. The molecule has 1 N–H and O–H groups in total. The fourth-order valence-corrected chi connectivity index (χ4v) is 4.48. The molecule has 1 amide bonds. The second kappa shape index (κ2) is 10.6. The summed E-state index contributed by atoms with van der Waals surface area (Å²) in [4.78, 5) is 17.9. The molecule has 36 heavy (non-hydrogen) atoms. The molecule has 3 aromatic rings. The zero-order chi connectivity index (χ0) is 26.7. The predicted octanol–water partition coefficient (Wildman–Crippen LogP) is 6.47. The third kappa shape index (κ3) is 6.67. The normalized spacial score (nSPS) is 13.6. The van der Waals surface area contributed by atoms with Gasteiger partial charge < -0.3 is 14.5 Å². The molecule has 0 radical (unpaired) electrons. The first-order valence-electron chi connectivity index (χ1n) is 11.9. The van der Waals surface area contributed by atoms with Crippen LogP contribution in [0.3, 0.4) is 0 Å². The van der Waals surface area contributed by atoms with E-state index in [4.69, 9.17) is 9.16 Å². The summed E-state index contributed by atoms with van der Waals surface area (Å²) in [5, 5.41) is 3.10. The number of carbonyl (C=O) groups is 1. The third-order valence-corrected chi connectivity index (χ3v) is 11.1. The molecule has 0 aliphatic heterocycles. The Morgan fingerprint density at radius 2 is 1.78 bits per heavy atom. The molecule has 2 heterocycles. The summed E-state index contributed by atoms with van der Waals surface area (Å²) in [5.74, 6) is -0.176. The molecule has 10 heteroatoms. The van der Waals surface area contributed by atoms with E-state index in [2.05, 4.69) is 44.2 Å². The molecule has 0 spiro atoms. The maximum Gasteiger partial charge on any atom is 0.392 e. The minimum absolute atomic E-state index is 0.0129. The lowest BCUT2D eigenvalue weighted by Crippen LogP contribution is -2.43. The number of halogens is 3. The van der Waals surface area contributed by atoms with Gasteiger partial charge >= 0.3 is 6.18 Å². The van der Waals surface area contributed by atoms with Gasteiger partial charge in [0.2, 0.25) is 0 Å². The van der Waals surface area contributed by atoms with Crippen LogP contribution in [-0.2, 0) is 4.43 Å². The molecule has 0 aliphatic carbocycles. The summed E-state index contributed by atoms with van der Waals surface area (Å²) in [6.07, 6.45) is -3.75. The standard InChI is InChI=1S/C26H34F3N3O3Si/c1-18-22(32-15-10-13-21(23(32)30-18)34-16-14-26(27,28)29)24(33)31-20(19-11-8-7-9-12-19)17-35-36(5,6)25(2,3)4/h7-13,15,20H,14,16-17H2,1-6H3,(H,31,33)/t20-/m0/s1. The molecular formula is C26H34F3N3O3Si. The van der Waals surface area contributed by atoms with Crippen molar-refractivity contribution in [2.24, 2.45) is 0 Å². The molecule has 1 aromatic carbocycles. The van der Waals surface area contributed by atoms with Gasteiger partial charge in [0.25, 0.3) is 5.91 Å². The molecule has 2 aromatic heterocycles. The average Bonchev–Trinajstić information content (AvgIpc) is 3.12. The number of aryl methyl sites for hydroxylation is 1. The summed E-state index contributed by atoms with van der Waals surface area (Å²) in [5.41, 5.74) is 1.93. The predicted molar refractivity (Wildman–Crippen MR) is 136 cm³/mol. The number of benzene rings is 1. The Bertz CT molecular complexity index is 1190. The Kier molecular flexibility index (Phi) is 8.19. The highest BCUT2D eigenvalue weighted by Gasteiger charge is 2.38. The van der Waals surface area contributed by atoms with E-state index in [1.54, 1.807) is 29.7 Å². The van der Waals surface area contributed by atoms with Crippen molar-refractivity contribution in [2.75, 3.05) is 13.2 Å². The van der Waals surface area contributed by atoms with E-state index >= 15 is 0 Å². The van der Waals surface area contributed by atoms with Crippen molar-refractivity contribution in [3.8, 4) is 5.75 Å². The molecule has 0 saturated carbocycles. The maximum atomic E-state index is 13.5. The average molecular weight is 522 g/mol. The fourth-order valence-electron chi connectivity index (χ4n) is 3.46. The Morgan fingerprint density at radius 1 is 1.11 bits per heavy atom. The highest BCUT2D eigenvalue weighted by Crippen LogP contribution is 2.37. The quantitative estimate of drug-likeness (QED) is 0.328. The summed E-state index contributed by atoms with van der Waals surface area (Å²) in [6, 6.07) is 12.4. The monoisotopic (exact) mass is 521 g/mol. The Balaban J connectivity index is 1.86. The smallest absolute Gasteiger partial charge is 0.392 e. The number of ether oxygens (including phenoxy) is 1. The molecule has 6 nitrogen and oxygen atoms in total. The second-order valence-corrected chi connectivity index (χ2v) is 15.1. The van der Waals surface area contributed by atoms with Gasteiger partial charge in [-0.1, -0.05) is 51.1 Å². The first-order valence-corrected chi connectivity index (χ1v) is 14.8. The van der Waals surface area contributed by atoms with Crippen LogP contribution in [0.4, 0.5) is 13.2 Å². The zero-order valence-electron chi connectivity index (χ0n) is 21.6. The van der Waals surface area contributed by atoms with E-state index in [1.165, 1.54) is 0 Å². The minimum Gasteiger partial charge on any atom is -0.489 e. The van der Waals surface area contributed by atoms with E-state index in [9.17, 15) is 18.0 Å². The number of alkyl halides is 3. The van der Waals surface area contributed by atoms with Crippen LogP contribution in [0, 0.1) is 6.92 Å². The van der Waals surface area contributed by atoms with Crippen LogP contribution < -0.4 is 10.1 Å². The SMILES string of the molecule is Cc1nc2c(OCCC(F)(F)F)cccn2c1C(=O)N[C@@H](CO[Si](C)(C)C(C)(C)C)c1ccccc1. The second-order valence-electron chi connectivity index (χ2n) is 10.3. The molecule has 0 saturated heterocycles. The fraction of sp³-hybridized carbons (Fsp3) is 0.462. The zero-order valence-corrected chi connectivity index (χ0v) is 22.6. The van der Waals surface area contributed by atoms with Crippen LogP contribution in [-0.4, -0.2) is 43.0 Å². The number of nitrogens with zero attached hydrogens (tertiary/aromatic N) is 2. The van der Waals surface area contributed by atoms with Crippen LogP contribution >= 0.6 is 0 Å². The summed E-state index contributed by atoms with van der Waals surface area (Å²) in [6.45, 7) is 12.3. The van der Waals surface area contributed by atoms with Gasteiger partial charge in [-0.05, 0) is 42.8 Å². The number of aromatic nitrogens is 2. The summed E-state index contributed by atoms with van der Waals surface area (Å²) < 4.78 is 51.0. The lowest BCUT2D eigenvalue weighted by Gasteiger charge is -2.37. The number of fused-ring (bicyclic) bond motifs is 1. The van der Waals surface area contributed by atoms with Crippen molar-refractivity contribution in [3.05, 3.63) is 65.6 Å². The number of carbonyl (C=O) groups excluding carboxylic acids is 1. The van der Waals surface area contributed by atoms with Crippen LogP contribution in [0.5, 0.6) is 5.75 Å². The van der Waals surface area contributed by atoms with Gasteiger partial charge in [-0.25, -0.2) is 4.98 Å². The number of hydrogen-bond acceptors (Lipinski definition) is 4. The topological polar surface area (TPSA) is 64.9 Å². The molecule has 0 unspecified atom stereocenters. The molecule has 1 atom stereocenters. The van der Waals surface area contributed by atoms with E-state index < -0.39 is 33.6 Å². The van der Waals surface area contributed by atoms with Crippen molar-refractivity contribution < 1.29 is 27.1 Å². The van der Waals surface area contributed by atoms with E-state index in [0.29, 0.717) is 18.0 Å². The van der Waals surface area contributed by atoms with Crippen molar-refractivity contribution >= 4 is 19.9 Å². The van der Waals surface area contributed by atoms with Crippen LogP contribution in [0.2, 0.25) is 18.1 Å². The van der Waals surface area contributed by atoms with Gasteiger partial charge in [0.15, 0.2) is 19.7 Å². The van der Waals surface area contributed by atoms with E-state index in [1.807, 2.05) is 30.3 Å². The van der Waals surface area contributed by atoms with Crippen LogP contribution in [0.1, 0.15) is 55.0 Å². The van der Waals surface area contributed by atoms with Gasteiger partial charge in [0.1, 0.15) is 5.69 Å². The van der Waals surface area contributed by atoms with Crippen LogP contribution in [0.25, 0.3) is 5.65 Å². The number of hydrogen-bond donors (Lipinski definition) is 1. The molecule has 0 aliphatic rings. The Hall–Kier alpha value is -2.85. The first kappa shape index (κ1) is 27.7. The largest absolute Gasteiger partial charge is 0.489 e. The lowest BCUT2D eigenvalue weighted by molar-refractivity contribution is -0.139. The molecule has 196 valence electrons. The number of rotatable bonds is 9. The number of imidazole rings is 1.